The Labute approximate surface area is 90.6 Å². The van der Waals surface area contributed by atoms with Crippen LogP contribution in [-0.4, -0.2) is 28.9 Å². The highest BCUT2D eigenvalue weighted by molar-refractivity contribution is 7.80. The van der Waals surface area contributed by atoms with Gasteiger partial charge in [-0.2, -0.15) is 0 Å². The summed E-state index contributed by atoms with van der Waals surface area (Å²) in [6, 6.07) is 0.119. The largest absolute Gasteiger partial charge is 0.391 e. The summed E-state index contributed by atoms with van der Waals surface area (Å²) >= 11 is 5.07. The molecule has 1 aliphatic carbocycles. The maximum absolute atomic E-state index is 9.67. The predicted molar refractivity (Wildman–Crippen MR) is 62.2 cm³/mol. The minimum Gasteiger partial charge on any atom is -0.391 e. The Kier molecular flexibility index (Phi) is 4.90. The summed E-state index contributed by atoms with van der Waals surface area (Å²) in [5.74, 6) is 0. The molecule has 0 amide bonds. The number of aliphatic hydroxyl groups is 1. The summed E-state index contributed by atoms with van der Waals surface area (Å²) in [4.78, 5) is 0. The maximum atomic E-state index is 9.67. The number of thiocarbonyl (C=S) groups is 1. The van der Waals surface area contributed by atoms with E-state index in [-0.39, 0.29) is 12.1 Å². The van der Waals surface area contributed by atoms with Crippen molar-refractivity contribution in [3.05, 3.63) is 12.7 Å². The zero-order valence-corrected chi connectivity index (χ0v) is 9.15. The van der Waals surface area contributed by atoms with Gasteiger partial charge in [-0.3, -0.25) is 0 Å². The molecule has 0 aromatic heterocycles. The van der Waals surface area contributed by atoms with Gasteiger partial charge in [0.1, 0.15) is 0 Å². The van der Waals surface area contributed by atoms with Gasteiger partial charge in [-0.1, -0.05) is 18.9 Å². The van der Waals surface area contributed by atoms with Gasteiger partial charge in [0.05, 0.1) is 12.1 Å². The molecule has 3 N–H and O–H groups in total. The van der Waals surface area contributed by atoms with Gasteiger partial charge in [-0.15, -0.1) is 6.58 Å². The molecule has 4 heteroatoms. The van der Waals surface area contributed by atoms with Crippen molar-refractivity contribution >= 4 is 17.3 Å². The van der Waals surface area contributed by atoms with E-state index in [9.17, 15) is 5.11 Å². The van der Waals surface area contributed by atoms with Gasteiger partial charge in [0, 0.05) is 6.54 Å². The van der Waals surface area contributed by atoms with Gasteiger partial charge in [0.15, 0.2) is 5.11 Å². The molecule has 0 bridgehead atoms. The van der Waals surface area contributed by atoms with E-state index >= 15 is 0 Å². The highest BCUT2D eigenvalue weighted by Crippen LogP contribution is 2.17. The van der Waals surface area contributed by atoms with Crippen molar-refractivity contribution in [1.29, 1.82) is 0 Å². The lowest BCUT2D eigenvalue weighted by molar-refractivity contribution is 0.0997. The fourth-order valence-electron chi connectivity index (χ4n) is 1.66. The van der Waals surface area contributed by atoms with E-state index in [1.54, 1.807) is 6.08 Å². The van der Waals surface area contributed by atoms with Gasteiger partial charge < -0.3 is 15.7 Å². The molecule has 1 aliphatic rings. The van der Waals surface area contributed by atoms with E-state index in [1.807, 2.05) is 0 Å². The highest BCUT2D eigenvalue weighted by Gasteiger charge is 2.22. The molecule has 1 fully saturated rings. The first kappa shape index (κ1) is 11.5. The van der Waals surface area contributed by atoms with Crippen LogP contribution in [0, 0.1) is 0 Å². The molecule has 0 aliphatic heterocycles. The fraction of sp³-hybridized carbons (Fsp3) is 0.700. The van der Waals surface area contributed by atoms with E-state index < -0.39 is 0 Å². The lowest BCUT2D eigenvalue weighted by Crippen LogP contribution is -2.48. The molecule has 0 spiro atoms. The Hall–Kier alpha value is -0.610. The summed E-state index contributed by atoms with van der Waals surface area (Å²) in [5.41, 5.74) is 0. The quantitative estimate of drug-likeness (QED) is 0.483. The third-order valence-corrected chi connectivity index (χ3v) is 2.72. The van der Waals surface area contributed by atoms with E-state index in [1.165, 1.54) is 6.42 Å². The minimum absolute atomic E-state index is 0.119. The number of aliphatic hydroxyl groups excluding tert-OH is 1. The van der Waals surface area contributed by atoms with E-state index in [2.05, 4.69) is 17.2 Å². The van der Waals surface area contributed by atoms with Crippen molar-refractivity contribution in [3.8, 4) is 0 Å². The molecule has 0 saturated heterocycles. The SMILES string of the molecule is C=CCNC(=S)N[C@@H]1CCCC[C@H]1O. The van der Waals surface area contributed by atoms with Crippen LogP contribution < -0.4 is 10.6 Å². The Morgan fingerprint density at radius 1 is 1.50 bits per heavy atom. The average molecular weight is 214 g/mol. The summed E-state index contributed by atoms with van der Waals surface area (Å²) in [6.45, 7) is 4.26. The van der Waals surface area contributed by atoms with Crippen LogP contribution in [0.1, 0.15) is 25.7 Å². The summed E-state index contributed by atoms with van der Waals surface area (Å²) < 4.78 is 0. The standard InChI is InChI=1S/C10H18N2OS/c1-2-7-11-10(14)12-8-5-3-4-6-9(8)13/h2,8-9,13H,1,3-7H2,(H2,11,12,14)/t8-,9-/m1/s1. The molecule has 14 heavy (non-hydrogen) atoms. The van der Waals surface area contributed by atoms with Crippen LogP contribution in [0.3, 0.4) is 0 Å². The molecule has 0 aromatic carbocycles. The average Bonchev–Trinajstić information content (AvgIpc) is 2.18. The van der Waals surface area contributed by atoms with Crippen LogP contribution in [0.2, 0.25) is 0 Å². The van der Waals surface area contributed by atoms with E-state index in [4.69, 9.17) is 12.2 Å². The summed E-state index contributed by atoms with van der Waals surface area (Å²) in [7, 11) is 0. The van der Waals surface area contributed by atoms with Crippen molar-refractivity contribution < 1.29 is 5.11 Å². The van der Waals surface area contributed by atoms with Gasteiger partial charge in [0.25, 0.3) is 0 Å². The van der Waals surface area contributed by atoms with Crippen molar-refractivity contribution in [2.24, 2.45) is 0 Å². The van der Waals surface area contributed by atoms with Crippen molar-refractivity contribution in [2.75, 3.05) is 6.54 Å². The maximum Gasteiger partial charge on any atom is 0.166 e. The van der Waals surface area contributed by atoms with Gasteiger partial charge in [-0.25, -0.2) is 0 Å². The predicted octanol–water partition coefficient (Wildman–Crippen LogP) is 0.940. The molecule has 3 nitrogen and oxygen atoms in total. The number of hydrogen-bond acceptors (Lipinski definition) is 2. The molecule has 0 radical (unpaired) electrons. The summed E-state index contributed by atoms with van der Waals surface area (Å²) in [5, 5.41) is 16.4. The first-order valence-corrected chi connectivity index (χ1v) is 5.48. The highest BCUT2D eigenvalue weighted by atomic mass is 32.1. The van der Waals surface area contributed by atoms with Crippen LogP contribution in [0.15, 0.2) is 12.7 Å². The molecule has 0 unspecified atom stereocenters. The third-order valence-electron chi connectivity index (χ3n) is 2.45. The molecule has 2 atom stereocenters. The lowest BCUT2D eigenvalue weighted by atomic mass is 9.93. The molecule has 0 heterocycles. The topological polar surface area (TPSA) is 44.3 Å². The zero-order valence-electron chi connectivity index (χ0n) is 8.33. The van der Waals surface area contributed by atoms with Gasteiger partial charge in [0.2, 0.25) is 0 Å². The molecule has 80 valence electrons. The smallest absolute Gasteiger partial charge is 0.166 e. The second kappa shape index (κ2) is 5.98. The normalized spacial score (nSPS) is 26.6. The van der Waals surface area contributed by atoms with Crippen LogP contribution in [0.5, 0.6) is 0 Å². The fourth-order valence-corrected chi connectivity index (χ4v) is 1.90. The monoisotopic (exact) mass is 214 g/mol. The summed E-state index contributed by atoms with van der Waals surface area (Å²) in [6.07, 6.45) is 5.65. The van der Waals surface area contributed by atoms with Crippen LogP contribution in [0.4, 0.5) is 0 Å². The Morgan fingerprint density at radius 2 is 2.21 bits per heavy atom. The van der Waals surface area contributed by atoms with Crippen molar-refractivity contribution in [1.82, 2.24) is 10.6 Å². The van der Waals surface area contributed by atoms with Gasteiger partial charge >= 0.3 is 0 Å². The molecular weight excluding hydrogens is 196 g/mol. The third kappa shape index (κ3) is 3.64. The van der Waals surface area contributed by atoms with Crippen LogP contribution in [0.25, 0.3) is 0 Å². The molecule has 1 saturated carbocycles. The molecular formula is C10H18N2OS. The Morgan fingerprint density at radius 3 is 2.86 bits per heavy atom. The first-order valence-electron chi connectivity index (χ1n) is 5.07. The van der Waals surface area contributed by atoms with Crippen molar-refractivity contribution in [3.63, 3.8) is 0 Å². The van der Waals surface area contributed by atoms with Crippen LogP contribution in [-0.2, 0) is 0 Å². The number of hydrogen-bond donors (Lipinski definition) is 3. The lowest BCUT2D eigenvalue weighted by Gasteiger charge is -2.29. The molecule has 0 aromatic rings. The number of rotatable bonds is 3. The number of nitrogens with one attached hydrogen (secondary N) is 2. The van der Waals surface area contributed by atoms with E-state index in [0.717, 1.165) is 19.3 Å². The van der Waals surface area contributed by atoms with Crippen molar-refractivity contribution in [2.45, 2.75) is 37.8 Å². The Bertz CT molecular complexity index is 208. The Balaban J connectivity index is 2.27. The van der Waals surface area contributed by atoms with Crippen LogP contribution >= 0.6 is 12.2 Å². The molecule has 1 rings (SSSR count). The zero-order chi connectivity index (χ0) is 10.4. The second-order valence-corrected chi connectivity index (χ2v) is 4.01. The van der Waals surface area contributed by atoms with Gasteiger partial charge in [-0.05, 0) is 25.1 Å². The minimum atomic E-state index is -0.257. The second-order valence-electron chi connectivity index (χ2n) is 3.60. The first-order chi connectivity index (χ1) is 6.74. The van der Waals surface area contributed by atoms with E-state index in [0.29, 0.717) is 11.7 Å².